The molecule has 2 N–H and O–H groups in total. The van der Waals surface area contributed by atoms with Crippen molar-refractivity contribution in [3.8, 4) is 5.75 Å². The Morgan fingerprint density at radius 3 is 2.69 bits per heavy atom. The summed E-state index contributed by atoms with van der Waals surface area (Å²) in [6, 6.07) is 7.24. The maximum Gasteiger partial charge on any atom is 0.129 e. The van der Waals surface area contributed by atoms with Crippen LogP contribution >= 0.6 is 11.8 Å². The van der Waals surface area contributed by atoms with E-state index >= 15 is 0 Å². The van der Waals surface area contributed by atoms with Crippen LogP contribution in [0.1, 0.15) is 13.3 Å². The van der Waals surface area contributed by atoms with Crippen molar-refractivity contribution >= 4 is 11.8 Å². The van der Waals surface area contributed by atoms with E-state index in [-0.39, 0.29) is 6.10 Å². The summed E-state index contributed by atoms with van der Waals surface area (Å²) < 4.78 is 0. The van der Waals surface area contributed by atoms with Gasteiger partial charge in [0.15, 0.2) is 0 Å². The van der Waals surface area contributed by atoms with Crippen molar-refractivity contribution in [1.82, 2.24) is 0 Å². The van der Waals surface area contributed by atoms with Gasteiger partial charge in [-0.05, 0) is 25.5 Å². The van der Waals surface area contributed by atoms with Gasteiger partial charge in [-0.3, -0.25) is 0 Å². The maximum absolute atomic E-state index is 9.39. The molecular weight excluding hydrogens is 184 g/mol. The highest BCUT2D eigenvalue weighted by Crippen LogP contribution is 2.28. The zero-order chi connectivity index (χ0) is 9.68. The molecule has 1 atom stereocenters. The molecular formula is C10H14O2S. The summed E-state index contributed by atoms with van der Waals surface area (Å²) in [6.45, 7) is 1.77. The fraction of sp³-hybridized carbons (Fsp3) is 0.400. The Kier molecular flexibility index (Phi) is 4.12. The molecule has 1 aromatic carbocycles. The number of thioether (sulfide) groups is 1. The second-order valence-corrected chi connectivity index (χ2v) is 4.09. The largest absolute Gasteiger partial charge is 0.507 e. The minimum Gasteiger partial charge on any atom is -0.507 e. The number of hydrogen-bond acceptors (Lipinski definition) is 3. The van der Waals surface area contributed by atoms with Gasteiger partial charge in [0.25, 0.3) is 0 Å². The molecule has 0 radical (unpaired) electrons. The third-order valence-corrected chi connectivity index (χ3v) is 2.75. The molecule has 13 heavy (non-hydrogen) atoms. The van der Waals surface area contributed by atoms with E-state index in [1.807, 2.05) is 12.1 Å². The lowest BCUT2D eigenvalue weighted by Crippen LogP contribution is -2.00. The predicted molar refractivity (Wildman–Crippen MR) is 55.1 cm³/mol. The average Bonchev–Trinajstić information content (AvgIpc) is 2.08. The summed E-state index contributed by atoms with van der Waals surface area (Å²) in [5, 5.41) is 18.4. The number of aliphatic hydroxyl groups is 1. The van der Waals surface area contributed by atoms with Crippen LogP contribution in [-0.4, -0.2) is 22.1 Å². The van der Waals surface area contributed by atoms with Crippen molar-refractivity contribution in [2.75, 3.05) is 5.75 Å². The van der Waals surface area contributed by atoms with Crippen molar-refractivity contribution in [3.63, 3.8) is 0 Å². The molecule has 0 aromatic heterocycles. The van der Waals surface area contributed by atoms with Crippen LogP contribution in [-0.2, 0) is 0 Å². The van der Waals surface area contributed by atoms with Crippen molar-refractivity contribution in [3.05, 3.63) is 24.3 Å². The first-order chi connectivity index (χ1) is 6.20. The fourth-order valence-electron chi connectivity index (χ4n) is 0.919. The van der Waals surface area contributed by atoms with E-state index in [9.17, 15) is 5.11 Å². The molecule has 0 saturated carbocycles. The lowest BCUT2D eigenvalue weighted by molar-refractivity contribution is 0.192. The lowest BCUT2D eigenvalue weighted by Gasteiger charge is -2.05. The summed E-state index contributed by atoms with van der Waals surface area (Å²) in [6.07, 6.45) is 0.484. The van der Waals surface area contributed by atoms with Gasteiger partial charge in [0.2, 0.25) is 0 Å². The number of benzene rings is 1. The van der Waals surface area contributed by atoms with Crippen LogP contribution in [0.5, 0.6) is 5.75 Å². The maximum atomic E-state index is 9.39. The van der Waals surface area contributed by atoms with E-state index in [1.165, 1.54) is 0 Å². The summed E-state index contributed by atoms with van der Waals surface area (Å²) in [5.41, 5.74) is 0. The summed E-state index contributed by atoms with van der Waals surface area (Å²) in [7, 11) is 0. The Hall–Kier alpha value is -0.670. The highest BCUT2D eigenvalue weighted by Gasteiger charge is 2.01. The van der Waals surface area contributed by atoms with E-state index in [4.69, 9.17) is 5.11 Å². The van der Waals surface area contributed by atoms with Gasteiger partial charge >= 0.3 is 0 Å². The van der Waals surface area contributed by atoms with Crippen LogP contribution in [0.15, 0.2) is 29.2 Å². The number of para-hydroxylation sites is 1. The van der Waals surface area contributed by atoms with Gasteiger partial charge in [0, 0.05) is 10.6 Å². The minimum atomic E-state index is -0.265. The predicted octanol–water partition coefficient (Wildman–Crippen LogP) is 2.26. The zero-order valence-corrected chi connectivity index (χ0v) is 8.42. The number of phenolic OH excluding ortho intramolecular Hbond substituents is 1. The molecule has 0 heterocycles. The lowest BCUT2D eigenvalue weighted by atomic mass is 10.3. The van der Waals surface area contributed by atoms with Crippen molar-refractivity contribution in [2.24, 2.45) is 0 Å². The Bertz CT molecular complexity index is 261. The molecule has 1 aromatic rings. The number of hydrogen-bond donors (Lipinski definition) is 2. The Morgan fingerprint density at radius 1 is 1.38 bits per heavy atom. The second kappa shape index (κ2) is 5.14. The Balaban J connectivity index is 2.41. The van der Waals surface area contributed by atoms with E-state index in [0.717, 1.165) is 17.1 Å². The number of aliphatic hydroxyl groups excluding tert-OH is 1. The fourth-order valence-corrected chi connectivity index (χ4v) is 1.99. The van der Waals surface area contributed by atoms with E-state index in [1.54, 1.807) is 30.8 Å². The molecule has 72 valence electrons. The first kappa shape index (κ1) is 10.4. The van der Waals surface area contributed by atoms with Crippen molar-refractivity contribution in [2.45, 2.75) is 24.3 Å². The normalized spacial score (nSPS) is 12.8. The monoisotopic (exact) mass is 198 g/mol. The molecule has 0 spiro atoms. The molecule has 3 heteroatoms. The van der Waals surface area contributed by atoms with Gasteiger partial charge in [-0.15, -0.1) is 11.8 Å². The van der Waals surface area contributed by atoms with Crippen LogP contribution < -0.4 is 0 Å². The van der Waals surface area contributed by atoms with Crippen LogP contribution in [0.2, 0.25) is 0 Å². The summed E-state index contributed by atoms with van der Waals surface area (Å²) in [5.74, 6) is 1.15. The summed E-state index contributed by atoms with van der Waals surface area (Å²) in [4.78, 5) is 0.878. The molecule has 0 saturated heterocycles. The van der Waals surface area contributed by atoms with Crippen molar-refractivity contribution < 1.29 is 10.2 Å². The molecule has 1 rings (SSSR count). The number of rotatable bonds is 4. The molecule has 0 aliphatic carbocycles. The third-order valence-electron chi connectivity index (χ3n) is 1.66. The van der Waals surface area contributed by atoms with Crippen molar-refractivity contribution in [1.29, 1.82) is 0 Å². The number of phenols is 1. The second-order valence-electron chi connectivity index (χ2n) is 2.95. The van der Waals surface area contributed by atoms with Gasteiger partial charge in [-0.1, -0.05) is 12.1 Å². The zero-order valence-electron chi connectivity index (χ0n) is 7.60. The van der Waals surface area contributed by atoms with Crippen LogP contribution in [0, 0.1) is 0 Å². The first-order valence-corrected chi connectivity index (χ1v) is 5.27. The third kappa shape index (κ3) is 3.70. The molecule has 0 aliphatic heterocycles. The molecule has 1 unspecified atom stereocenters. The average molecular weight is 198 g/mol. The summed E-state index contributed by atoms with van der Waals surface area (Å²) >= 11 is 1.57. The van der Waals surface area contributed by atoms with E-state index in [2.05, 4.69) is 0 Å². The smallest absolute Gasteiger partial charge is 0.129 e. The molecule has 2 nitrogen and oxygen atoms in total. The Labute approximate surface area is 82.6 Å². The quantitative estimate of drug-likeness (QED) is 0.729. The van der Waals surface area contributed by atoms with Crippen LogP contribution in [0.25, 0.3) is 0 Å². The van der Waals surface area contributed by atoms with Gasteiger partial charge in [-0.25, -0.2) is 0 Å². The number of aromatic hydroxyl groups is 1. The van der Waals surface area contributed by atoms with Crippen LogP contribution in [0.4, 0.5) is 0 Å². The topological polar surface area (TPSA) is 40.5 Å². The molecule has 0 amide bonds. The van der Waals surface area contributed by atoms with Gasteiger partial charge < -0.3 is 10.2 Å². The van der Waals surface area contributed by atoms with Gasteiger partial charge in [0.1, 0.15) is 5.75 Å². The minimum absolute atomic E-state index is 0.265. The van der Waals surface area contributed by atoms with Crippen LogP contribution in [0.3, 0.4) is 0 Å². The Morgan fingerprint density at radius 2 is 2.08 bits per heavy atom. The van der Waals surface area contributed by atoms with Gasteiger partial charge in [0.05, 0.1) is 6.10 Å². The highest BCUT2D eigenvalue weighted by atomic mass is 32.2. The standard InChI is InChI=1S/C10H14O2S/c1-8(11)6-7-13-10-5-3-2-4-9(10)12/h2-5,8,11-12H,6-7H2,1H3. The molecule has 0 bridgehead atoms. The SMILES string of the molecule is CC(O)CCSc1ccccc1O. The first-order valence-electron chi connectivity index (χ1n) is 4.29. The van der Waals surface area contributed by atoms with Gasteiger partial charge in [-0.2, -0.15) is 0 Å². The highest BCUT2D eigenvalue weighted by molar-refractivity contribution is 7.99. The van der Waals surface area contributed by atoms with E-state index in [0.29, 0.717) is 5.75 Å². The molecule has 0 fully saturated rings. The molecule has 0 aliphatic rings. The van der Waals surface area contributed by atoms with E-state index < -0.39 is 0 Å².